The van der Waals surface area contributed by atoms with Crippen molar-refractivity contribution in [1.82, 2.24) is 9.55 Å². The molecule has 0 aliphatic carbocycles. The highest BCUT2D eigenvalue weighted by Crippen LogP contribution is 2.41. The molecule has 4 nitrogen and oxygen atoms in total. The third-order valence-corrected chi connectivity index (χ3v) is 4.58. The Balaban J connectivity index is 2.31. The van der Waals surface area contributed by atoms with Gasteiger partial charge in [0.1, 0.15) is 5.82 Å². The molecule has 0 N–H and O–H groups in total. The van der Waals surface area contributed by atoms with Crippen LogP contribution in [0.4, 0.5) is 4.39 Å². The van der Waals surface area contributed by atoms with Crippen LogP contribution >= 0.6 is 15.9 Å². The summed E-state index contributed by atoms with van der Waals surface area (Å²) in [6, 6.07) is 6.43. The molecular formula is C18H18BrFN2O2. The van der Waals surface area contributed by atoms with E-state index in [1.165, 1.54) is 12.1 Å². The number of hydrogen-bond acceptors (Lipinski definition) is 3. The normalized spacial score (nSPS) is 11.4. The van der Waals surface area contributed by atoms with Crippen molar-refractivity contribution in [2.75, 3.05) is 13.9 Å². The predicted octanol–water partition coefficient (Wildman–Crippen LogP) is 5.03. The van der Waals surface area contributed by atoms with E-state index < -0.39 is 0 Å². The van der Waals surface area contributed by atoms with E-state index in [0.29, 0.717) is 5.75 Å². The van der Waals surface area contributed by atoms with Gasteiger partial charge in [-0.25, -0.2) is 4.39 Å². The zero-order chi connectivity index (χ0) is 17.3. The van der Waals surface area contributed by atoms with Gasteiger partial charge in [0.15, 0.2) is 12.5 Å². The Morgan fingerprint density at radius 1 is 1.21 bits per heavy atom. The summed E-state index contributed by atoms with van der Waals surface area (Å²) in [7, 11) is 1.58. The second kappa shape index (κ2) is 6.91. The number of benzene rings is 1. The Labute approximate surface area is 148 Å². The van der Waals surface area contributed by atoms with Crippen LogP contribution in [0.2, 0.25) is 0 Å². The first-order valence-corrected chi connectivity index (χ1v) is 8.39. The standard InChI is InChI=1S/C18H18BrFN2O2/c1-11(2)18-17(19)16-14(8-21-9-15(16)24-10-23-3)22(18)13-6-4-12(20)5-7-13/h4-9,11H,10H2,1-3H3. The molecule has 24 heavy (non-hydrogen) atoms. The number of halogens is 2. The molecule has 0 saturated heterocycles. The number of pyridine rings is 1. The van der Waals surface area contributed by atoms with Gasteiger partial charge in [0.2, 0.25) is 0 Å². The van der Waals surface area contributed by atoms with Crippen molar-refractivity contribution in [3.05, 3.63) is 52.6 Å². The molecule has 3 rings (SSSR count). The number of methoxy groups -OCH3 is 1. The van der Waals surface area contributed by atoms with Crippen LogP contribution in [0, 0.1) is 5.82 Å². The summed E-state index contributed by atoms with van der Waals surface area (Å²) < 4.78 is 27.0. The molecule has 0 amide bonds. The number of fused-ring (bicyclic) bond motifs is 1. The second-order valence-corrected chi connectivity index (χ2v) is 6.54. The first-order valence-electron chi connectivity index (χ1n) is 7.60. The van der Waals surface area contributed by atoms with Crippen molar-refractivity contribution < 1.29 is 13.9 Å². The van der Waals surface area contributed by atoms with Crippen LogP contribution in [0.5, 0.6) is 5.75 Å². The second-order valence-electron chi connectivity index (χ2n) is 5.75. The summed E-state index contributed by atoms with van der Waals surface area (Å²) in [6.07, 6.45) is 3.46. The van der Waals surface area contributed by atoms with Gasteiger partial charge in [0.05, 0.1) is 27.8 Å². The third-order valence-electron chi connectivity index (χ3n) is 3.78. The van der Waals surface area contributed by atoms with Gasteiger partial charge in [-0.3, -0.25) is 4.98 Å². The summed E-state index contributed by atoms with van der Waals surface area (Å²) in [4.78, 5) is 4.29. The van der Waals surface area contributed by atoms with E-state index in [2.05, 4.69) is 39.3 Å². The molecule has 0 atom stereocenters. The molecule has 0 aliphatic rings. The van der Waals surface area contributed by atoms with E-state index in [9.17, 15) is 4.39 Å². The molecule has 6 heteroatoms. The van der Waals surface area contributed by atoms with Crippen molar-refractivity contribution in [3.8, 4) is 11.4 Å². The smallest absolute Gasteiger partial charge is 0.188 e. The van der Waals surface area contributed by atoms with Gasteiger partial charge < -0.3 is 14.0 Å². The fourth-order valence-electron chi connectivity index (χ4n) is 2.79. The molecule has 2 heterocycles. The van der Waals surface area contributed by atoms with E-state index in [-0.39, 0.29) is 18.5 Å². The Morgan fingerprint density at radius 3 is 2.54 bits per heavy atom. The highest BCUT2D eigenvalue weighted by molar-refractivity contribution is 9.10. The fraction of sp³-hybridized carbons (Fsp3) is 0.278. The molecule has 2 aromatic heterocycles. The lowest BCUT2D eigenvalue weighted by Gasteiger charge is -2.13. The zero-order valence-corrected chi connectivity index (χ0v) is 15.3. The van der Waals surface area contributed by atoms with Crippen LogP contribution in [0.15, 0.2) is 41.1 Å². The Hall–Kier alpha value is -1.92. The van der Waals surface area contributed by atoms with Gasteiger partial charge in [0, 0.05) is 18.5 Å². The van der Waals surface area contributed by atoms with Crippen molar-refractivity contribution in [2.24, 2.45) is 0 Å². The molecule has 0 radical (unpaired) electrons. The number of hydrogen-bond donors (Lipinski definition) is 0. The maximum atomic E-state index is 13.3. The van der Waals surface area contributed by atoms with E-state index in [0.717, 1.165) is 26.8 Å². The average Bonchev–Trinajstić information content (AvgIpc) is 2.87. The zero-order valence-electron chi connectivity index (χ0n) is 13.7. The molecule has 0 spiro atoms. The quantitative estimate of drug-likeness (QED) is 0.571. The van der Waals surface area contributed by atoms with Crippen LogP contribution in [0.1, 0.15) is 25.5 Å². The monoisotopic (exact) mass is 392 g/mol. The summed E-state index contributed by atoms with van der Waals surface area (Å²) >= 11 is 3.71. The first-order chi connectivity index (χ1) is 11.5. The van der Waals surface area contributed by atoms with E-state index >= 15 is 0 Å². The van der Waals surface area contributed by atoms with Crippen molar-refractivity contribution in [3.63, 3.8) is 0 Å². The van der Waals surface area contributed by atoms with Crippen molar-refractivity contribution in [1.29, 1.82) is 0 Å². The maximum Gasteiger partial charge on any atom is 0.188 e. The van der Waals surface area contributed by atoms with Crippen molar-refractivity contribution >= 4 is 26.8 Å². The summed E-state index contributed by atoms with van der Waals surface area (Å²) in [5, 5.41) is 0.926. The van der Waals surface area contributed by atoms with Crippen LogP contribution in [-0.2, 0) is 4.74 Å². The number of nitrogens with zero attached hydrogens (tertiary/aromatic N) is 2. The van der Waals surface area contributed by atoms with Crippen LogP contribution in [-0.4, -0.2) is 23.5 Å². The summed E-state index contributed by atoms with van der Waals surface area (Å²) in [5.41, 5.74) is 2.85. The van der Waals surface area contributed by atoms with E-state index in [1.807, 2.05) is 0 Å². The average molecular weight is 393 g/mol. The molecule has 0 fully saturated rings. The SMILES string of the molecule is COCOc1cncc2c1c(Br)c(C(C)C)n2-c1ccc(F)cc1. The minimum absolute atomic E-state index is 0.145. The van der Waals surface area contributed by atoms with Gasteiger partial charge in [-0.1, -0.05) is 13.8 Å². The van der Waals surface area contributed by atoms with E-state index in [1.54, 1.807) is 31.6 Å². The fourth-order valence-corrected chi connectivity index (χ4v) is 3.82. The lowest BCUT2D eigenvalue weighted by atomic mass is 10.1. The number of aromatic nitrogens is 2. The molecule has 0 aliphatic heterocycles. The molecule has 3 aromatic rings. The van der Waals surface area contributed by atoms with Gasteiger partial charge >= 0.3 is 0 Å². The summed E-state index contributed by atoms with van der Waals surface area (Å²) in [5.74, 6) is 0.624. The number of rotatable bonds is 5. The van der Waals surface area contributed by atoms with Crippen LogP contribution in [0.3, 0.4) is 0 Å². The summed E-state index contributed by atoms with van der Waals surface area (Å²) in [6.45, 7) is 4.37. The highest BCUT2D eigenvalue weighted by atomic mass is 79.9. The maximum absolute atomic E-state index is 13.3. The minimum atomic E-state index is -0.261. The van der Waals surface area contributed by atoms with Crippen LogP contribution in [0.25, 0.3) is 16.6 Å². The predicted molar refractivity (Wildman–Crippen MR) is 95.3 cm³/mol. The van der Waals surface area contributed by atoms with Gasteiger partial charge in [-0.15, -0.1) is 0 Å². The molecule has 0 saturated carbocycles. The lowest BCUT2D eigenvalue weighted by molar-refractivity contribution is 0.0520. The Bertz CT molecular complexity index is 860. The lowest BCUT2D eigenvalue weighted by Crippen LogP contribution is -2.02. The topological polar surface area (TPSA) is 36.3 Å². The highest BCUT2D eigenvalue weighted by Gasteiger charge is 2.22. The Kier molecular flexibility index (Phi) is 4.87. The molecule has 126 valence electrons. The largest absolute Gasteiger partial charge is 0.465 e. The minimum Gasteiger partial charge on any atom is -0.465 e. The molecule has 0 unspecified atom stereocenters. The van der Waals surface area contributed by atoms with Gasteiger partial charge in [-0.05, 0) is 46.1 Å². The van der Waals surface area contributed by atoms with E-state index in [4.69, 9.17) is 9.47 Å². The van der Waals surface area contributed by atoms with Gasteiger partial charge in [0.25, 0.3) is 0 Å². The van der Waals surface area contributed by atoms with Gasteiger partial charge in [-0.2, -0.15) is 0 Å². The third kappa shape index (κ3) is 2.91. The number of ether oxygens (including phenoxy) is 2. The van der Waals surface area contributed by atoms with Crippen LogP contribution < -0.4 is 4.74 Å². The molecule has 0 bridgehead atoms. The molecular weight excluding hydrogens is 375 g/mol. The molecule has 1 aromatic carbocycles. The van der Waals surface area contributed by atoms with Crippen molar-refractivity contribution in [2.45, 2.75) is 19.8 Å². The first kappa shape index (κ1) is 16.9. The Morgan fingerprint density at radius 2 is 1.92 bits per heavy atom.